The van der Waals surface area contributed by atoms with E-state index in [1.54, 1.807) is 12.1 Å². The molecule has 3 rings (SSSR count). The zero-order valence-corrected chi connectivity index (χ0v) is 10.7. The van der Waals surface area contributed by atoms with E-state index in [0.29, 0.717) is 5.13 Å². The summed E-state index contributed by atoms with van der Waals surface area (Å²) in [5, 5.41) is 3.09. The maximum absolute atomic E-state index is 12.8. The lowest BCUT2D eigenvalue weighted by molar-refractivity contribution is -0.166. The molecule has 0 radical (unpaired) electrons. The minimum Gasteiger partial charge on any atom is -0.375 e. The summed E-state index contributed by atoms with van der Waals surface area (Å²) in [6, 6.07) is 5.40. The van der Waals surface area contributed by atoms with Crippen LogP contribution in [0.25, 0.3) is 10.2 Å². The summed E-state index contributed by atoms with van der Waals surface area (Å²) in [5.41, 5.74) is 5.51. The normalized spacial score (nSPS) is 17.8. The molecule has 1 aliphatic carbocycles. The Bertz CT molecular complexity index is 616. The van der Waals surface area contributed by atoms with E-state index >= 15 is 0 Å². The highest BCUT2D eigenvalue weighted by molar-refractivity contribution is 7.22. The van der Waals surface area contributed by atoms with Crippen LogP contribution in [0.5, 0.6) is 0 Å². The number of anilines is 1. The molecule has 102 valence electrons. The first kappa shape index (κ1) is 12.7. The Kier molecular flexibility index (Phi) is 2.72. The second-order valence-electron chi connectivity index (χ2n) is 4.79. The van der Waals surface area contributed by atoms with Gasteiger partial charge in [-0.05, 0) is 30.5 Å². The van der Waals surface area contributed by atoms with E-state index in [9.17, 15) is 13.2 Å². The Hall–Kier alpha value is -1.34. The number of nitrogen functional groups attached to an aromatic ring is 1. The van der Waals surface area contributed by atoms with Crippen LogP contribution in [-0.2, 0) is 6.54 Å². The van der Waals surface area contributed by atoms with Gasteiger partial charge in [0.05, 0.1) is 10.2 Å². The Morgan fingerprint density at radius 3 is 2.74 bits per heavy atom. The molecule has 1 aromatic heterocycles. The van der Waals surface area contributed by atoms with Gasteiger partial charge in [-0.15, -0.1) is 0 Å². The van der Waals surface area contributed by atoms with E-state index in [2.05, 4.69) is 10.3 Å². The number of thiazole rings is 1. The molecule has 0 aliphatic heterocycles. The largest absolute Gasteiger partial charge is 0.406 e. The molecule has 3 nitrogen and oxygen atoms in total. The molecule has 1 saturated carbocycles. The fraction of sp³-hybridized carbons (Fsp3) is 0.417. The van der Waals surface area contributed by atoms with Crippen molar-refractivity contribution < 1.29 is 13.2 Å². The number of benzene rings is 1. The number of fused-ring (bicyclic) bond motifs is 1. The third-order valence-electron chi connectivity index (χ3n) is 3.39. The number of nitrogens with one attached hydrogen (secondary N) is 1. The van der Waals surface area contributed by atoms with Crippen molar-refractivity contribution in [3.63, 3.8) is 0 Å². The standard InChI is InChI=1S/C12H12F3N3S/c13-12(14,15)11(3-4-11)17-6-7-1-2-8-9(5-7)19-10(16)18-8/h1-2,5,17H,3-4,6H2,(H2,16,18). The summed E-state index contributed by atoms with van der Waals surface area (Å²) >= 11 is 1.34. The van der Waals surface area contributed by atoms with Crippen molar-refractivity contribution in [1.82, 2.24) is 10.3 Å². The molecule has 1 fully saturated rings. The monoisotopic (exact) mass is 287 g/mol. The van der Waals surface area contributed by atoms with Crippen molar-refractivity contribution in [1.29, 1.82) is 0 Å². The van der Waals surface area contributed by atoms with Crippen LogP contribution in [0.1, 0.15) is 18.4 Å². The lowest BCUT2D eigenvalue weighted by atomic mass is 10.2. The average Bonchev–Trinajstić information content (AvgIpc) is 3.02. The van der Waals surface area contributed by atoms with Gasteiger partial charge in [0.1, 0.15) is 5.54 Å². The van der Waals surface area contributed by atoms with Crippen molar-refractivity contribution >= 4 is 26.7 Å². The van der Waals surface area contributed by atoms with Gasteiger partial charge >= 0.3 is 6.18 Å². The Morgan fingerprint density at radius 2 is 2.11 bits per heavy atom. The van der Waals surface area contributed by atoms with Gasteiger partial charge in [-0.25, -0.2) is 4.98 Å². The predicted molar refractivity (Wildman–Crippen MR) is 68.9 cm³/mol. The van der Waals surface area contributed by atoms with E-state index in [-0.39, 0.29) is 19.4 Å². The maximum atomic E-state index is 12.8. The summed E-state index contributed by atoms with van der Waals surface area (Å²) in [6.07, 6.45) is -3.86. The number of aromatic nitrogens is 1. The molecule has 0 amide bonds. The van der Waals surface area contributed by atoms with Gasteiger partial charge in [0, 0.05) is 6.54 Å². The number of nitrogens with zero attached hydrogens (tertiary/aromatic N) is 1. The highest BCUT2D eigenvalue weighted by atomic mass is 32.1. The molecular formula is C12H12F3N3S. The molecular weight excluding hydrogens is 275 g/mol. The smallest absolute Gasteiger partial charge is 0.375 e. The van der Waals surface area contributed by atoms with Crippen molar-refractivity contribution in [2.24, 2.45) is 0 Å². The van der Waals surface area contributed by atoms with Crippen molar-refractivity contribution in [3.05, 3.63) is 23.8 Å². The first-order valence-electron chi connectivity index (χ1n) is 5.86. The van der Waals surface area contributed by atoms with E-state index in [0.717, 1.165) is 15.8 Å². The minimum absolute atomic E-state index is 0.159. The molecule has 19 heavy (non-hydrogen) atoms. The lowest BCUT2D eigenvalue weighted by Crippen LogP contribution is -2.44. The topological polar surface area (TPSA) is 50.9 Å². The molecule has 1 heterocycles. The van der Waals surface area contributed by atoms with Gasteiger partial charge in [0.2, 0.25) is 0 Å². The molecule has 2 aromatic rings. The molecule has 0 bridgehead atoms. The van der Waals surface area contributed by atoms with Crippen LogP contribution >= 0.6 is 11.3 Å². The Morgan fingerprint density at radius 1 is 1.37 bits per heavy atom. The quantitative estimate of drug-likeness (QED) is 0.912. The van der Waals surface area contributed by atoms with Gasteiger partial charge in [-0.2, -0.15) is 13.2 Å². The first-order valence-corrected chi connectivity index (χ1v) is 6.68. The highest BCUT2D eigenvalue weighted by Crippen LogP contribution is 2.49. The molecule has 3 N–H and O–H groups in total. The molecule has 0 unspecified atom stereocenters. The molecule has 1 aliphatic rings. The van der Waals surface area contributed by atoms with Gasteiger partial charge in [0.25, 0.3) is 0 Å². The number of halogens is 3. The van der Waals surface area contributed by atoms with E-state index in [1.807, 2.05) is 6.07 Å². The molecule has 7 heteroatoms. The fourth-order valence-electron chi connectivity index (χ4n) is 2.05. The van der Waals surface area contributed by atoms with Crippen molar-refractivity contribution in [3.8, 4) is 0 Å². The van der Waals surface area contributed by atoms with Crippen LogP contribution in [0.4, 0.5) is 18.3 Å². The highest BCUT2D eigenvalue weighted by Gasteiger charge is 2.62. The SMILES string of the molecule is Nc1nc2ccc(CNC3(C(F)(F)F)CC3)cc2s1. The lowest BCUT2D eigenvalue weighted by Gasteiger charge is -2.20. The Balaban J connectivity index is 1.75. The summed E-state index contributed by atoms with van der Waals surface area (Å²) in [6.45, 7) is 0.202. The zero-order chi connectivity index (χ0) is 13.7. The molecule has 1 aromatic carbocycles. The molecule has 0 atom stereocenters. The third kappa shape index (κ3) is 2.28. The van der Waals surface area contributed by atoms with Crippen LogP contribution in [0, 0.1) is 0 Å². The number of alkyl halides is 3. The van der Waals surface area contributed by atoms with Crippen LogP contribution in [0.3, 0.4) is 0 Å². The summed E-state index contributed by atoms with van der Waals surface area (Å²) in [4.78, 5) is 4.11. The average molecular weight is 287 g/mol. The summed E-state index contributed by atoms with van der Waals surface area (Å²) < 4.78 is 39.2. The third-order valence-corrected chi connectivity index (χ3v) is 4.24. The van der Waals surface area contributed by atoms with Crippen molar-refractivity contribution in [2.45, 2.75) is 31.1 Å². The van der Waals surface area contributed by atoms with Gasteiger partial charge in [0.15, 0.2) is 5.13 Å². The van der Waals surface area contributed by atoms with Crippen LogP contribution in [-0.4, -0.2) is 16.7 Å². The molecule has 0 spiro atoms. The van der Waals surface area contributed by atoms with E-state index in [4.69, 9.17) is 5.73 Å². The van der Waals surface area contributed by atoms with E-state index < -0.39 is 11.7 Å². The van der Waals surface area contributed by atoms with Crippen LogP contribution in [0.15, 0.2) is 18.2 Å². The summed E-state index contributed by atoms with van der Waals surface area (Å²) in [5.74, 6) is 0. The van der Waals surface area contributed by atoms with Gasteiger partial charge in [-0.1, -0.05) is 17.4 Å². The fourth-order valence-corrected chi connectivity index (χ4v) is 2.85. The maximum Gasteiger partial charge on any atom is 0.406 e. The van der Waals surface area contributed by atoms with Crippen LogP contribution < -0.4 is 11.1 Å². The number of hydrogen-bond acceptors (Lipinski definition) is 4. The number of nitrogens with two attached hydrogens (primary N) is 1. The Labute approximate surface area is 111 Å². The number of hydrogen-bond donors (Lipinski definition) is 2. The van der Waals surface area contributed by atoms with Crippen molar-refractivity contribution in [2.75, 3.05) is 5.73 Å². The predicted octanol–water partition coefficient (Wildman–Crippen LogP) is 3.06. The molecule has 0 saturated heterocycles. The summed E-state index contributed by atoms with van der Waals surface area (Å²) in [7, 11) is 0. The second-order valence-corrected chi connectivity index (χ2v) is 5.85. The second kappa shape index (κ2) is 4.08. The van der Waals surface area contributed by atoms with Gasteiger partial charge in [-0.3, -0.25) is 5.32 Å². The minimum atomic E-state index is -4.17. The van der Waals surface area contributed by atoms with E-state index in [1.165, 1.54) is 11.3 Å². The first-order chi connectivity index (χ1) is 8.90. The number of rotatable bonds is 3. The van der Waals surface area contributed by atoms with Crippen LogP contribution in [0.2, 0.25) is 0 Å². The van der Waals surface area contributed by atoms with Gasteiger partial charge < -0.3 is 5.73 Å². The zero-order valence-electron chi connectivity index (χ0n) is 9.92.